The van der Waals surface area contributed by atoms with Gasteiger partial charge in [0.2, 0.25) is 6.17 Å². The standard InChI is InChI=1S/C21H41N2O3Si.ClH/c1-6-8-10-12-16-23(17-13-11-9-7-2)21-14-18-22(19-15-21)20-27(24-3,25-4)26-5;/h14-15,18-19H,6-13,16-17,20H2,1-5H3;1H/q+1;/p-1. The van der Waals surface area contributed by atoms with Crippen molar-refractivity contribution in [3.8, 4) is 0 Å². The largest absolute Gasteiger partial charge is 1.00 e. The summed E-state index contributed by atoms with van der Waals surface area (Å²) in [6, 6.07) is 4.42. The maximum Gasteiger partial charge on any atom is 0.569 e. The lowest BCUT2D eigenvalue weighted by molar-refractivity contribution is -0.685. The molecule has 0 atom stereocenters. The third kappa shape index (κ3) is 9.70. The summed E-state index contributed by atoms with van der Waals surface area (Å²) in [6.45, 7) is 6.82. The molecule has 0 saturated heterocycles. The third-order valence-electron chi connectivity index (χ3n) is 5.11. The van der Waals surface area contributed by atoms with Gasteiger partial charge in [-0.2, -0.15) is 4.57 Å². The van der Waals surface area contributed by atoms with E-state index < -0.39 is 8.80 Å². The fourth-order valence-electron chi connectivity index (χ4n) is 3.26. The number of rotatable bonds is 16. The number of pyridine rings is 1. The Morgan fingerprint density at radius 1 is 0.786 bits per heavy atom. The van der Waals surface area contributed by atoms with Crippen LogP contribution in [0.15, 0.2) is 24.5 Å². The number of anilines is 1. The van der Waals surface area contributed by atoms with Crippen LogP contribution < -0.4 is 21.9 Å². The molecule has 1 aromatic rings. The lowest BCUT2D eigenvalue weighted by Gasteiger charge is -2.25. The summed E-state index contributed by atoms with van der Waals surface area (Å²) in [5.41, 5.74) is 1.30. The van der Waals surface area contributed by atoms with Crippen LogP contribution in [0.3, 0.4) is 0 Å². The monoisotopic (exact) mass is 432 g/mol. The average Bonchev–Trinajstić information content (AvgIpc) is 2.71. The summed E-state index contributed by atoms with van der Waals surface area (Å²) < 4.78 is 18.7. The van der Waals surface area contributed by atoms with Crippen molar-refractivity contribution in [2.75, 3.05) is 39.3 Å². The second kappa shape index (κ2) is 16.2. The van der Waals surface area contributed by atoms with Gasteiger partial charge in [-0.25, -0.2) is 0 Å². The first-order valence-electron chi connectivity index (χ1n) is 10.5. The fourth-order valence-corrected chi connectivity index (χ4v) is 4.81. The first kappa shape index (κ1) is 27.3. The molecule has 5 nitrogen and oxygen atoms in total. The molecule has 0 unspecified atom stereocenters. The van der Waals surface area contributed by atoms with Crippen molar-refractivity contribution in [2.45, 2.75) is 71.4 Å². The van der Waals surface area contributed by atoms with Gasteiger partial charge in [-0.15, -0.1) is 0 Å². The van der Waals surface area contributed by atoms with Gasteiger partial charge in [0.05, 0.1) is 0 Å². The van der Waals surface area contributed by atoms with E-state index in [1.165, 1.54) is 57.1 Å². The molecule has 0 aromatic carbocycles. The van der Waals surface area contributed by atoms with Crippen LogP contribution in [-0.2, 0) is 19.4 Å². The second-order valence-corrected chi connectivity index (χ2v) is 10.0. The minimum Gasteiger partial charge on any atom is -1.00 e. The van der Waals surface area contributed by atoms with E-state index >= 15 is 0 Å². The number of hydrogen-bond donors (Lipinski definition) is 0. The number of hydrogen-bond acceptors (Lipinski definition) is 4. The topological polar surface area (TPSA) is 34.8 Å². The molecule has 7 heteroatoms. The lowest BCUT2D eigenvalue weighted by Crippen LogP contribution is -3.00. The van der Waals surface area contributed by atoms with Crippen LogP contribution in [0.25, 0.3) is 0 Å². The van der Waals surface area contributed by atoms with Crippen molar-refractivity contribution in [1.29, 1.82) is 0 Å². The van der Waals surface area contributed by atoms with E-state index in [0.717, 1.165) is 13.1 Å². The van der Waals surface area contributed by atoms with Crippen LogP contribution in [0.1, 0.15) is 65.2 Å². The lowest BCUT2D eigenvalue weighted by atomic mass is 10.1. The zero-order chi connectivity index (χ0) is 20.0. The van der Waals surface area contributed by atoms with Crippen LogP contribution in [0.2, 0.25) is 0 Å². The SMILES string of the molecule is CCCCCCN(CCCCCC)c1cc[n+](C[Si](OC)(OC)OC)cc1.[Cl-]. The minimum absolute atomic E-state index is 0. The first-order chi connectivity index (χ1) is 13.1. The van der Waals surface area contributed by atoms with Gasteiger partial charge < -0.3 is 30.6 Å². The Kier molecular flexibility index (Phi) is 15.8. The Balaban J connectivity index is 0.00000729. The van der Waals surface area contributed by atoms with Gasteiger partial charge in [-0.3, -0.25) is 0 Å². The highest BCUT2D eigenvalue weighted by Crippen LogP contribution is 2.16. The van der Waals surface area contributed by atoms with E-state index in [1.807, 2.05) is 0 Å². The van der Waals surface area contributed by atoms with Gasteiger partial charge >= 0.3 is 8.80 Å². The fraction of sp³-hybridized carbons (Fsp3) is 0.762. The molecular formula is C21H41ClN2O3Si. The van der Waals surface area contributed by atoms with Gasteiger partial charge in [0.1, 0.15) is 0 Å². The molecule has 0 aliphatic heterocycles. The van der Waals surface area contributed by atoms with E-state index in [0.29, 0.717) is 6.17 Å². The summed E-state index contributed by atoms with van der Waals surface area (Å²) >= 11 is 0. The Morgan fingerprint density at radius 2 is 1.25 bits per heavy atom. The average molecular weight is 433 g/mol. The maximum atomic E-state index is 5.53. The van der Waals surface area contributed by atoms with E-state index in [9.17, 15) is 0 Å². The maximum absolute atomic E-state index is 5.53. The van der Waals surface area contributed by atoms with E-state index in [4.69, 9.17) is 13.3 Å². The van der Waals surface area contributed by atoms with Crippen LogP contribution in [0.5, 0.6) is 0 Å². The molecule has 0 amide bonds. The Labute approximate surface area is 180 Å². The van der Waals surface area contributed by atoms with Crippen molar-refractivity contribution in [2.24, 2.45) is 0 Å². The van der Waals surface area contributed by atoms with Gasteiger partial charge in [-0.1, -0.05) is 52.4 Å². The quantitative estimate of drug-likeness (QED) is 0.224. The summed E-state index contributed by atoms with van der Waals surface area (Å²) in [7, 11) is 2.35. The number of unbranched alkanes of at least 4 members (excludes halogenated alkanes) is 6. The van der Waals surface area contributed by atoms with Crippen LogP contribution in [-0.4, -0.2) is 43.2 Å². The summed E-state index contributed by atoms with van der Waals surface area (Å²) in [5.74, 6) is 0. The predicted molar refractivity (Wildman–Crippen MR) is 114 cm³/mol. The number of nitrogens with zero attached hydrogens (tertiary/aromatic N) is 2. The summed E-state index contributed by atoms with van der Waals surface area (Å²) in [6.07, 6.45) is 15.2. The molecule has 1 aromatic heterocycles. The Bertz CT molecular complexity index is 467. The molecule has 0 aliphatic rings. The van der Waals surface area contributed by atoms with E-state index in [2.05, 4.69) is 47.8 Å². The van der Waals surface area contributed by atoms with Crippen LogP contribution in [0, 0.1) is 0 Å². The zero-order valence-corrected chi connectivity index (χ0v) is 20.3. The predicted octanol–water partition coefficient (Wildman–Crippen LogP) is 1.36. The molecular weight excluding hydrogens is 392 g/mol. The van der Waals surface area contributed by atoms with Crippen molar-refractivity contribution in [3.63, 3.8) is 0 Å². The minimum atomic E-state index is -2.61. The van der Waals surface area contributed by atoms with E-state index in [1.54, 1.807) is 21.3 Å². The molecule has 0 bridgehead atoms. The molecule has 0 radical (unpaired) electrons. The molecule has 0 spiro atoms. The molecule has 0 aliphatic carbocycles. The summed E-state index contributed by atoms with van der Waals surface area (Å²) in [5, 5.41) is 0. The van der Waals surface area contributed by atoms with Gasteiger partial charge in [0.15, 0.2) is 12.4 Å². The zero-order valence-electron chi connectivity index (χ0n) is 18.6. The van der Waals surface area contributed by atoms with Crippen molar-refractivity contribution in [3.05, 3.63) is 24.5 Å². The van der Waals surface area contributed by atoms with Crippen LogP contribution in [0.4, 0.5) is 5.69 Å². The smallest absolute Gasteiger partial charge is 0.569 e. The highest BCUT2D eigenvalue weighted by atomic mass is 35.5. The van der Waals surface area contributed by atoms with Crippen molar-refractivity contribution in [1.82, 2.24) is 0 Å². The normalized spacial score (nSPS) is 11.3. The molecule has 0 N–H and O–H groups in total. The highest BCUT2D eigenvalue weighted by molar-refractivity contribution is 6.58. The molecule has 0 saturated carbocycles. The molecule has 28 heavy (non-hydrogen) atoms. The second-order valence-electron chi connectivity index (χ2n) is 7.13. The Morgan fingerprint density at radius 3 is 1.64 bits per heavy atom. The molecule has 0 fully saturated rings. The molecule has 1 rings (SSSR count). The van der Waals surface area contributed by atoms with Crippen molar-refractivity contribution < 1.29 is 30.3 Å². The van der Waals surface area contributed by atoms with Gasteiger partial charge in [0, 0.05) is 52.2 Å². The molecule has 1 heterocycles. The van der Waals surface area contributed by atoms with Gasteiger partial charge in [-0.05, 0) is 12.8 Å². The van der Waals surface area contributed by atoms with Crippen LogP contribution >= 0.6 is 0 Å². The van der Waals surface area contributed by atoms with E-state index in [-0.39, 0.29) is 12.4 Å². The highest BCUT2D eigenvalue weighted by Gasteiger charge is 2.43. The van der Waals surface area contributed by atoms with Gasteiger partial charge in [0.25, 0.3) is 0 Å². The third-order valence-corrected chi connectivity index (χ3v) is 7.73. The Hall–Kier alpha value is -0.663. The van der Waals surface area contributed by atoms with Crippen molar-refractivity contribution >= 4 is 14.5 Å². The molecule has 164 valence electrons. The summed E-state index contributed by atoms with van der Waals surface area (Å²) in [4.78, 5) is 2.54. The number of aromatic nitrogens is 1. The number of halogens is 1. The first-order valence-corrected chi connectivity index (χ1v) is 12.5.